The summed E-state index contributed by atoms with van der Waals surface area (Å²) in [5.41, 5.74) is 2.33. The maximum Gasteiger partial charge on any atom is 0.251 e. The molecule has 5 nitrogen and oxygen atoms in total. The van der Waals surface area contributed by atoms with Crippen molar-refractivity contribution >= 4 is 16.9 Å². The van der Waals surface area contributed by atoms with Crippen LogP contribution in [-0.2, 0) is 7.05 Å². The van der Waals surface area contributed by atoms with Crippen LogP contribution >= 0.6 is 0 Å². The molecule has 2 rings (SSSR count). The zero-order chi connectivity index (χ0) is 15.1. The van der Waals surface area contributed by atoms with E-state index in [4.69, 9.17) is 0 Å². The Morgan fingerprint density at radius 1 is 1.19 bits per heavy atom. The number of carbonyl (C=O) groups is 1. The fourth-order valence-corrected chi connectivity index (χ4v) is 2.39. The van der Waals surface area contributed by atoms with Crippen LogP contribution < -0.4 is 5.32 Å². The summed E-state index contributed by atoms with van der Waals surface area (Å²) in [7, 11) is 1.84. The van der Waals surface area contributed by atoms with Gasteiger partial charge in [-0.15, -0.1) is 5.10 Å². The lowest BCUT2D eigenvalue weighted by Gasteiger charge is -2.05. The quantitative estimate of drug-likeness (QED) is 0.759. The predicted octanol–water partition coefficient (Wildman–Crippen LogP) is 3.06. The molecule has 0 unspecified atom stereocenters. The van der Waals surface area contributed by atoms with E-state index in [1.54, 1.807) is 10.7 Å². The van der Waals surface area contributed by atoms with E-state index < -0.39 is 0 Å². The summed E-state index contributed by atoms with van der Waals surface area (Å²) < 4.78 is 1.70. The lowest BCUT2D eigenvalue weighted by Crippen LogP contribution is -2.24. The summed E-state index contributed by atoms with van der Waals surface area (Å²) in [4.78, 5) is 12.1. The van der Waals surface area contributed by atoms with Crippen LogP contribution in [0.1, 0.15) is 55.8 Å². The second-order valence-corrected chi connectivity index (χ2v) is 5.44. The molecular weight excluding hydrogens is 264 g/mol. The molecule has 2 aromatic rings. The van der Waals surface area contributed by atoms with E-state index in [1.165, 1.54) is 32.1 Å². The molecular formula is C16H24N4O. The summed E-state index contributed by atoms with van der Waals surface area (Å²) in [6.45, 7) is 2.96. The first-order chi connectivity index (χ1) is 10.2. The summed E-state index contributed by atoms with van der Waals surface area (Å²) >= 11 is 0. The van der Waals surface area contributed by atoms with Crippen molar-refractivity contribution in [2.24, 2.45) is 7.05 Å². The number of nitrogens with zero attached hydrogens (tertiary/aromatic N) is 3. The highest BCUT2D eigenvalue weighted by molar-refractivity contribution is 5.97. The highest BCUT2D eigenvalue weighted by Gasteiger charge is 2.08. The van der Waals surface area contributed by atoms with Crippen molar-refractivity contribution in [1.29, 1.82) is 0 Å². The van der Waals surface area contributed by atoms with Crippen molar-refractivity contribution in [3.8, 4) is 0 Å². The van der Waals surface area contributed by atoms with Crippen LogP contribution in [0.2, 0.25) is 0 Å². The van der Waals surface area contributed by atoms with Crippen molar-refractivity contribution in [2.75, 3.05) is 6.54 Å². The summed E-state index contributed by atoms with van der Waals surface area (Å²) in [6, 6.07) is 5.50. The molecule has 0 spiro atoms. The molecule has 0 fully saturated rings. The minimum atomic E-state index is -0.0314. The van der Waals surface area contributed by atoms with Crippen LogP contribution in [0.15, 0.2) is 18.2 Å². The van der Waals surface area contributed by atoms with Gasteiger partial charge in [0.15, 0.2) is 0 Å². The Hall–Kier alpha value is -1.91. The molecule has 0 aliphatic carbocycles. The highest BCUT2D eigenvalue weighted by Crippen LogP contribution is 2.12. The molecule has 0 aliphatic rings. The van der Waals surface area contributed by atoms with Gasteiger partial charge >= 0.3 is 0 Å². The van der Waals surface area contributed by atoms with E-state index in [1.807, 2.05) is 19.2 Å². The number of unbranched alkanes of at least 4 members (excludes halogenated alkanes) is 5. The third-order valence-electron chi connectivity index (χ3n) is 3.69. The molecule has 0 saturated heterocycles. The number of rotatable bonds is 8. The summed E-state index contributed by atoms with van der Waals surface area (Å²) in [5, 5.41) is 10.9. The lowest BCUT2D eigenvalue weighted by molar-refractivity contribution is 0.0953. The second-order valence-electron chi connectivity index (χ2n) is 5.44. The fraction of sp³-hybridized carbons (Fsp3) is 0.562. The van der Waals surface area contributed by atoms with Crippen molar-refractivity contribution in [2.45, 2.75) is 45.4 Å². The monoisotopic (exact) mass is 288 g/mol. The van der Waals surface area contributed by atoms with Crippen LogP contribution in [0.25, 0.3) is 11.0 Å². The molecule has 1 amide bonds. The maximum absolute atomic E-state index is 12.1. The molecule has 0 aliphatic heterocycles. The van der Waals surface area contributed by atoms with Crippen molar-refractivity contribution in [1.82, 2.24) is 20.3 Å². The van der Waals surface area contributed by atoms with E-state index in [0.29, 0.717) is 5.56 Å². The SMILES string of the molecule is CCCCCCCCNC(=O)c1ccc2c(c1)nnn2C. The number of amides is 1. The molecule has 5 heteroatoms. The van der Waals surface area contributed by atoms with Gasteiger partial charge in [-0.25, -0.2) is 4.68 Å². The first-order valence-corrected chi connectivity index (χ1v) is 7.80. The van der Waals surface area contributed by atoms with Crippen LogP contribution in [-0.4, -0.2) is 27.4 Å². The number of aromatic nitrogens is 3. The number of nitrogens with one attached hydrogen (secondary N) is 1. The van der Waals surface area contributed by atoms with Gasteiger partial charge in [0.05, 0.1) is 5.52 Å². The molecule has 1 heterocycles. The molecule has 1 N–H and O–H groups in total. The number of aryl methyl sites for hydroxylation is 1. The van der Waals surface area contributed by atoms with Gasteiger partial charge in [0, 0.05) is 19.2 Å². The van der Waals surface area contributed by atoms with Crippen molar-refractivity contribution in [3.05, 3.63) is 23.8 Å². The van der Waals surface area contributed by atoms with Gasteiger partial charge in [-0.3, -0.25) is 4.79 Å². The van der Waals surface area contributed by atoms with Gasteiger partial charge in [-0.2, -0.15) is 0 Å². The van der Waals surface area contributed by atoms with Crippen LogP contribution in [0.3, 0.4) is 0 Å². The Kier molecular flexibility index (Phi) is 5.72. The van der Waals surface area contributed by atoms with E-state index in [2.05, 4.69) is 22.6 Å². The third-order valence-corrected chi connectivity index (χ3v) is 3.69. The third kappa shape index (κ3) is 4.28. The molecule has 0 atom stereocenters. The largest absolute Gasteiger partial charge is 0.352 e. The average Bonchev–Trinajstić information content (AvgIpc) is 2.87. The number of benzene rings is 1. The Bertz CT molecular complexity index is 591. The van der Waals surface area contributed by atoms with Gasteiger partial charge in [0.2, 0.25) is 0 Å². The highest BCUT2D eigenvalue weighted by atomic mass is 16.1. The normalized spacial score (nSPS) is 11.0. The van der Waals surface area contributed by atoms with Gasteiger partial charge in [0.25, 0.3) is 5.91 Å². The van der Waals surface area contributed by atoms with Crippen LogP contribution in [0.5, 0.6) is 0 Å². The Labute approximate surface area is 125 Å². The first-order valence-electron chi connectivity index (χ1n) is 7.80. The zero-order valence-corrected chi connectivity index (χ0v) is 12.9. The standard InChI is InChI=1S/C16H24N4O/c1-3-4-5-6-7-8-11-17-16(21)13-9-10-15-14(12-13)18-19-20(15)2/h9-10,12H,3-8,11H2,1-2H3,(H,17,21). The Morgan fingerprint density at radius 3 is 2.76 bits per heavy atom. The second kappa shape index (κ2) is 7.76. The van der Waals surface area contributed by atoms with Gasteiger partial charge in [-0.05, 0) is 24.6 Å². The molecule has 0 radical (unpaired) electrons. The summed E-state index contributed by atoms with van der Waals surface area (Å²) in [6.07, 6.45) is 7.36. The predicted molar refractivity (Wildman–Crippen MR) is 84.2 cm³/mol. The molecule has 1 aromatic heterocycles. The Morgan fingerprint density at radius 2 is 1.95 bits per heavy atom. The minimum Gasteiger partial charge on any atom is -0.352 e. The smallest absolute Gasteiger partial charge is 0.251 e. The topological polar surface area (TPSA) is 59.8 Å². The first kappa shape index (κ1) is 15.5. The maximum atomic E-state index is 12.1. The number of hydrogen-bond donors (Lipinski definition) is 1. The van der Waals surface area contributed by atoms with Crippen molar-refractivity contribution < 1.29 is 4.79 Å². The number of fused-ring (bicyclic) bond motifs is 1. The van der Waals surface area contributed by atoms with Gasteiger partial charge in [-0.1, -0.05) is 44.2 Å². The number of carbonyl (C=O) groups excluding carboxylic acids is 1. The molecule has 1 aromatic carbocycles. The van der Waals surface area contributed by atoms with Gasteiger partial charge in [0.1, 0.15) is 5.52 Å². The summed E-state index contributed by atoms with van der Waals surface area (Å²) in [5.74, 6) is -0.0314. The number of hydrogen-bond acceptors (Lipinski definition) is 3. The molecule has 114 valence electrons. The van der Waals surface area contributed by atoms with E-state index >= 15 is 0 Å². The Balaban J connectivity index is 1.77. The minimum absolute atomic E-state index is 0.0314. The fourth-order valence-electron chi connectivity index (χ4n) is 2.39. The van der Waals surface area contributed by atoms with E-state index in [-0.39, 0.29) is 5.91 Å². The zero-order valence-electron chi connectivity index (χ0n) is 12.9. The molecule has 0 saturated carbocycles. The van der Waals surface area contributed by atoms with E-state index in [0.717, 1.165) is 24.0 Å². The molecule has 0 bridgehead atoms. The molecule has 21 heavy (non-hydrogen) atoms. The van der Waals surface area contributed by atoms with Crippen molar-refractivity contribution in [3.63, 3.8) is 0 Å². The van der Waals surface area contributed by atoms with E-state index in [9.17, 15) is 4.79 Å². The lowest BCUT2D eigenvalue weighted by atomic mass is 10.1. The van der Waals surface area contributed by atoms with Crippen LogP contribution in [0, 0.1) is 0 Å². The average molecular weight is 288 g/mol. The van der Waals surface area contributed by atoms with Crippen LogP contribution in [0.4, 0.5) is 0 Å². The van der Waals surface area contributed by atoms with Gasteiger partial charge < -0.3 is 5.32 Å².